The van der Waals surface area contributed by atoms with Crippen LogP contribution < -0.4 is 11.1 Å². The van der Waals surface area contributed by atoms with Crippen LogP contribution in [0.3, 0.4) is 0 Å². The van der Waals surface area contributed by atoms with E-state index in [9.17, 15) is 4.79 Å². The molecular weight excluding hydrogens is 214 g/mol. The minimum atomic E-state index is 0.0503. The largest absolute Gasteiger partial charge is 0.399 e. The predicted molar refractivity (Wildman–Crippen MR) is 70.7 cm³/mol. The molecule has 0 saturated heterocycles. The topological polar surface area (TPSA) is 58.4 Å². The number of amides is 1. The predicted octanol–water partition coefficient (Wildman–Crippen LogP) is 0.879. The maximum absolute atomic E-state index is 11.6. The summed E-state index contributed by atoms with van der Waals surface area (Å²) in [4.78, 5) is 13.7. The van der Waals surface area contributed by atoms with Gasteiger partial charge in [0.2, 0.25) is 5.91 Å². The van der Waals surface area contributed by atoms with Crippen LogP contribution in [-0.4, -0.2) is 38.0 Å². The van der Waals surface area contributed by atoms with E-state index in [-0.39, 0.29) is 5.91 Å². The number of carbonyl (C=O) groups is 1. The molecule has 94 valence electrons. The molecule has 0 spiro atoms. The molecule has 0 aromatic heterocycles. The number of benzene rings is 1. The molecule has 0 bridgehead atoms. The number of nitrogens with two attached hydrogens (primary N) is 1. The average molecular weight is 235 g/mol. The fourth-order valence-corrected chi connectivity index (χ4v) is 1.57. The highest BCUT2D eigenvalue weighted by atomic mass is 16.1. The lowest BCUT2D eigenvalue weighted by Crippen LogP contribution is -2.28. The van der Waals surface area contributed by atoms with Crippen LogP contribution >= 0.6 is 0 Å². The summed E-state index contributed by atoms with van der Waals surface area (Å²) in [5.41, 5.74) is 7.30. The van der Waals surface area contributed by atoms with Crippen LogP contribution in [0.5, 0.6) is 0 Å². The first-order chi connectivity index (χ1) is 8.08. The van der Waals surface area contributed by atoms with E-state index in [1.165, 1.54) is 0 Å². The Balaban J connectivity index is 2.25. The van der Waals surface area contributed by atoms with E-state index in [1.54, 1.807) is 0 Å². The van der Waals surface area contributed by atoms with Crippen LogP contribution in [0.25, 0.3) is 0 Å². The summed E-state index contributed by atoms with van der Waals surface area (Å²) < 4.78 is 0. The monoisotopic (exact) mass is 235 g/mol. The zero-order valence-corrected chi connectivity index (χ0v) is 10.6. The number of rotatable bonds is 6. The highest BCUT2D eigenvalue weighted by Gasteiger charge is 2.02. The molecule has 0 saturated carbocycles. The maximum atomic E-state index is 11.6. The summed E-state index contributed by atoms with van der Waals surface area (Å²) >= 11 is 0. The third kappa shape index (κ3) is 5.92. The van der Waals surface area contributed by atoms with Crippen molar-refractivity contribution in [3.63, 3.8) is 0 Å². The summed E-state index contributed by atoms with van der Waals surface area (Å²) in [6.45, 7) is 1.71. The highest BCUT2D eigenvalue weighted by Crippen LogP contribution is 2.06. The van der Waals surface area contributed by atoms with Crippen molar-refractivity contribution in [2.75, 3.05) is 32.9 Å². The van der Waals surface area contributed by atoms with Gasteiger partial charge in [-0.15, -0.1) is 0 Å². The van der Waals surface area contributed by atoms with Gasteiger partial charge in [0, 0.05) is 12.2 Å². The summed E-state index contributed by atoms with van der Waals surface area (Å²) in [6.07, 6.45) is 1.36. The van der Waals surface area contributed by atoms with E-state index in [0.29, 0.717) is 12.1 Å². The van der Waals surface area contributed by atoms with E-state index in [0.717, 1.165) is 25.1 Å². The Morgan fingerprint density at radius 3 is 2.82 bits per heavy atom. The summed E-state index contributed by atoms with van der Waals surface area (Å²) in [5, 5.41) is 2.90. The number of nitrogen functional groups attached to an aromatic ring is 1. The summed E-state index contributed by atoms with van der Waals surface area (Å²) in [7, 11) is 4.04. The molecule has 4 heteroatoms. The lowest BCUT2D eigenvalue weighted by atomic mass is 10.1. The molecule has 1 rings (SSSR count). The molecule has 1 amide bonds. The van der Waals surface area contributed by atoms with Crippen molar-refractivity contribution in [1.29, 1.82) is 0 Å². The Morgan fingerprint density at radius 2 is 2.18 bits per heavy atom. The van der Waals surface area contributed by atoms with Crippen molar-refractivity contribution in [3.8, 4) is 0 Å². The van der Waals surface area contributed by atoms with Crippen molar-refractivity contribution in [2.45, 2.75) is 12.8 Å². The van der Waals surface area contributed by atoms with Crippen LogP contribution in [0.2, 0.25) is 0 Å². The second-order valence-corrected chi connectivity index (χ2v) is 4.43. The number of anilines is 1. The van der Waals surface area contributed by atoms with Crippen molar-refractivity contribution in [1.82, 2.24) is 10.2 Å². The molecule has 0 fully saturated rings. The lowest BCUT2D eigenvalue weighted by molar-refractivity contribution is -0.120. The van der Waals surface area contributed by atoms with Crippen LogP contribution in [0, 0.1) is 0 Å². The van der Waals surface area contributed by atoms with Gasteiger partial charge in [0.15, 0.2) is 0 Å². The summed E-state index contributed by atoms with van der Waals surface area (Å²) in [5.74, 6) is 0.0503. The first kappa shape index (κ1) is 13.5. The molecule has 1 aromatic rings. The number of nitrogens with one attached hydrogen (secondary N) is 1. The minimum Gasteiger partial charge on any atom is -0.399 e. The molecule has 1 aromatic carbocycles. The Hall–Kier alpha value is -1.55. The zero-order chi connectivity index (χ0) is 12.7. The van der Waals surface area contributed by atoms with Crippen LogP contribution in [0.1, 0.15) is 12.0 Å². The fourth-order valence-electron chi connectivity index (χ4n) is 1.57. The van der Waals surface area contributed by atoms with Gasteiger partial charge in [0.25, 0.3) is 0 Å². The molecule has 0 radical (unpaired) electrons. The summed E-state index contributed by atoms with van der Waals surface area (Å²) in [6, 6.07) is 7.43. The van der Waals surface area contributed by atoms with Gasteiger partial charge in [-0.1, -0.05) is 12.1 Å². The van der Waals surface area contributed by atoms with Crippen molar-refractivity contribution in [3.05, 3.63) is 29.8 Å². The number of carbonyl (C=O) groups excluding carboxylic acids is 1. The Labute approximate surface area is 103 Å². The number of nitrogens with zero attached hydrogens (tertiary/aromatic N) is 1. The van der Waals surface area contributed by atoms with Crippen molar-refractivity contribution < 1.29 is 4.79 Å². The van der Waals surface area contributed by atoms with Gasteiger partial charge in [0.05, 0.1) is 6.42 Å². The standard InChI is InChI=1S/C13H21N3O/c1-16(2)8-4-7-15-13(17)10-11-5-3-6-12(14)9-11/h3,5-6,9H,4,7-8,10,14H2,1-2H3,(H,15,17). The smallest absolute Gasteiger partial charge is 0.224 e. The molecular formula is C13H21N3O. The molecule has 0 aliphatic heterocycles. The highest BCUT2D eigenvalue weighted by molar-refractivity contribution is 5.78. The van der Waals surface area contributed by atoms with Gasteiger partial charge in [-0.3, -0.25) is 4.79 Å². The molecule has 0 aliphatic carbocycles. The third-order valence-corrected chi connectivity index (χ3v) is 2.42. The fraction of sp³-hybridized carbons (Fsp3) is 0.462. The molecule has 0 heterocycles. The second-order valence-electron chi connectivity index (χ2n) is 4.43. The minimum absolute atomic E-state index is 0.0503. The Morgan fingerprint density at radius 1 is 1.41 bits per heavy atom. The van der Waals surface area contributed by atoms with E-state index in [2.05, 4.69) is 10.2 Å². The van der Waals surface area contributed by atoms with Gasteiger partial charge < -0.3 is 16.0 Å². The van der Waals surface area contributed by atoms with E-state index >= 15 is 0 Å². The lowest BCUT2D eigenvalue weighted by Gasteiger charge is -2.10. The van der Waals surface area contributed by atoms with Gasteiger partial charge >= 0.3 is 0 Å². The van der Waals surface area contributed by atoms with E-state index in [1.807, 2.05) is 38.4 Å². The maximum Gasteiger partial charge on any atom is 0.224 e. The second kappa shape index (κ2) is 6.91. The number of hydrogen-bond acceptors (Lipinski definition) is 3. The van der Waals surface area contributed by atoms with Crippen LogP contribution in [-0.2, 0) is 11.2 Å². The normalized spacial score (nSPS) is 10.5. The van der Waals surface area contributed by atoms with Crippen molar-refractivity contribution >= 4 is 11.6 Å². The Kier molecular flexibility index (Phi) is 5.49. The van der Waals surface area contributed by atoms with Gasteiger partial charge in [-0.2, -0.15) is 0 Å². The molecule has 3 N–H and O–H groups in total. The molecule has 17 heavy (non-hydrogen) atoms. The van der Waals surface area contributed by atoms with E-state index in [4.69, 9.17) is 5.73 Å². The average Bonchev–Trinajstić information content (AvgIpc) is 2.24. The van der Waals surface area contributed by atoms with Gasteiger partial charge in [-0.25, -0.2) is 0 Å². The first-order valence-corrected chi connectivity index (χ1v) is 5.84. The quantitative estimate of drug-likeness (QED) is 0.568. The molecule has 0 atom stereocenters. The molecule has 0 unspecified atom stereocenters. The van der Waals surface area contributed by atoms with Crippen LogP contribution in [0.15, 0.2) is 24.3 Å². The van der Waals surface area contributed by atoms with E-state index < -0.39 is 0 Å². The van der Waals surface area contributed by atoms with Crippen LogP contribution in [0.4, 0.5) is 5.69 Å². The molecule has 4 nitrogen and oxygen atoms in total. The molecule has 0 aliphatic rings. The SMILES string of the molecule is CN(C)CCCNC(=O)Cc1cccc(N)c1. The van der Waals surface area contributed by atoms with Gasteiger partial charge in [-0.05, 0) is 44.8 Å². The zero-order valence-electron chi connectivity index (χ0n) is 10.6. The Bertz CT molecular complexity index is 363. The number of hydrogen-bond donors (Lipinski definition) is 2. The van der Waals surface area contributed by atoms with Crippen molar-refractivity contribution in [2.24, 2.45) is 0 Å². The first-order valence-electron chi connectivity index (χ1n) is 5.84. The van der Waals surface area contributed by atoms with Gasteiger partial charge in [0.1, 0.15) is 0 Å². The third-order valence-electron chi connectivity index (χ3n) is 2.42.